The van der Waals surface area contributed by atoms with E-state index in [9.17, 15) is 4.79 Å². The minimum absolute atomic E-state index is 0.168. The first-order valence-corrected chi connectivity index (χ1v) is 9.15. The lowest BCUT2D eigenvalue weighted by molar-refractivity contribution is 0.0949. The number of nitrogens with one attached hydrogen (secondary N) is 2. The van der Waals surface area contributed by atoms with Crippen molar-refractivity contribution in [1.82, 2.24) is 10.3 Å². The average Bonchev–Trinajstić information content (AvgIpc) is 3.22. The first-order chi connectivity index (χ1) is 13.6. The van der Waals surface area contributed by atoms with E-state index in [1.54, 1.807) is 18.4 Å². The second-order valence-electron chi connectivity index (χ2n) is 6.76. The monoisotopic (exact) mass is 371 g/mol. The van der Waals surface area contributed by atoms with Crippen LogP contribution in [-0.4, -0.2) is 10.9 Å². The number of carbonyl (C=O) groups is 1. The molecule has 0 fully saturated rings. The molecule has 2 aromatic carbocycles. The number of pyridine rings is 1. The Bertz CT molecular complexity index is 1130. The van der Waals surface area contributed by atoms with E-state index in [1.165, 1.54) is 11.1 Å². The van der Waals surface area contributed by atoms with Gasteiger partial charge in [-0.3, -0.25) is 4.79 Å². The summed E-state index contributed by atoms with van der Waals surface area (Å²) < 4.78 is 5.29. The van der Waals surface area contributed by atoms with Crippen molar-refractivity contribution in [3.8, 4) is 0 Å². The van der Waals surface area contributed by atoms with Gasteiger partial charge in [0.25, 0.3) is 5.91 Å². The zero-order chi connectivity index (χ0) is 19.5. The van der Waals surface area contributed by atoms with Crippen molar-refractivity contribution < 1.29 is 9.21 Å². The Morgan fingerprint density at radius 1 is 1.00 bits per heavy atom. The highest BCUT2D eigenvalue weighted by Crippen LogP contribution is 2.24. The van der Waals surface area contributed by atoms with Crippen LogP contribution >= 0.6 is 0 Å². The number of furan rings is 1. The van der Waals surface area contributed by atoms with E-state index in [0.29, 0.717) is 23.7 Å². The first-order valence-electron chi connectivity index (χ1n) is 9.15. The maximum Gasteiger partial charge on any atom is 0.252 e. The molecule has 0 saturated heterocycles. The Kier molecular flexibility index (Phi) is 4.81. The fraction of sp³-hybridized carbons (Fsp3) is 0.130. The lowest BCUT2D eigenvalue weighted by atomic mass is 10.1. The Morgan fingerprint density at radius 2 is 1.86 bits per heavy atom. The molecular weight excluding hydrogens is 350 g/mol. The van der Waals surface area contributed by atoms with Gasteiger partial charge >= 0.3 is 0 Å². The van der Waals surface area contributed by atoms with Gasteiger partial charge in [-0.15, -0.1) is 0 Å². The lowest BCUT2D eigenvalue weighted by Gasteiger charge is -2.12. The van der Waals surface area contributed by atoms with Crippen LogP contribution in [0.4, 0.5) is 11.5 Å². The topological polar surface area (TPSA) is 67.2 Å². The molecule has 0 aliphatic rings. The molecule has 4 aromatic rings. The number of hydrogen-bond donors (Lipinski definition) is 2. The van der Waals surface area contributed by atoms with Gasteiger partial charge in [-0.25, -0.2) is 4.98 Å². The third-order valence-electron chi connectivity index (χ3n) is 4.74. The van der Waals surface area contributed by atoms with Crippen LogP contribution in [0.1, 0.15) is 27.2 Å². The predicted octanol–water partition coefficient (Wildman–Crippen LogP) is 5.12. The molecule has 0 saturated carbocycles. The molecule has 0 radical (unpaired) electrons. The minimum atomic E-state index is -0.168. The van der Waals surface area contributed by atoms with E-state index < -0.39 is 0 Å². The van der Waals surface area contributed by atoms with Crippen LogP contribution in [0.3, 0.4) is 0 Å². The van der Waals surface area contributed by atoms with Crippen LogP contribution in [-0.2, 0) is 6.54 Å². The maximum atomic E-state index is 12.8. The van der Waals surface area contributed by atoms with Crippen LogP contribution in [0.2, 0.25) is 0 Å². The molecule has 5 nitrogen and oxygen atoms in total. The third kappa shape index (κ3) is 3.74. The quantitative estimate of drug-likeness (QED) is 0.511. The minimum Gasteiger partial charge on any atom is -0.467 e. The standard InChI is InChI=1S/C23H21N3O2/c1-15-9-10-17(12-16(15)2)25-22-13-20(19-7-3-4-8-21(19)26-22)23(27)24-14-18-6-5-11-28-18/h3-13H,14H2,1-2H3,(H,24,27)(H,25,26). The summed E-state index contributed by atoms with van der Waals surface area (Å²) in [5.74, 6) is 1.17. The van der Waals surface area contributed by atoms with Crippen molar-refractivity contribution in [2.24, 2.45) is 0 Å². The first kappa shape index (κ1) is 17.8. The van der Waals surface area contributed by atoms with Crippen LogP contribution in [0.25, 0.3) is 10.9 Å². The zero-order valence-corrected chi connectivity index (χ0v) is 15.8. The normalized spacial score (nSPS) is 10.8. The molecule has 140 valence electrons. The third-order valence-corrected chi connectivity index (χ3v) is 4.74. The molecule has 0 aliphatic heterocycles. The van der Waals surface area contributed by atoms with Gasteiger partial charge in [-0.1, -0.05) is 24.3 Å². The van der Waals surface area contributed by atoms with Gasteiger partial charge in [0.2, 0.25) is 0 Å². The second kappa shape index (κ2) is 7.56. The summed E-state index contributed by atoms with van der Waals surface area (Å²) in [5.41, 5.74) is 4.70. The summed E-state index contributed by atoms with van der Waals surface area (Å²) in [4.78, 5) is 17.5. The van der Waals surface area contributed by atoms with E-state index in [1.807, 2.05) is 36.4 Å². The number of para-hydroxylation sites is 1. The van der Waals surface area contributed by atoms with Crippen LogP contribution in [0.15, 0.2) is 71.3 Å². The van der Waals surface area contributed by atoms with Gasteiger partial charge in [0, 0.05) is 11.1 Å². The Morgan fingerprint density at radius 3 is 2.64 bits per heavy atom. The molecule has 2 heterocycles. The molecule has 2 N–H and O–H groups in total. The molecule has 0 bridgehead atoms. The number of aryl methyl sites for hydroxylation is 2. The van der Waals surface area contributed by atoms with Gasteiger partial charge < -0.3 is 15.1 Å². The van der Waals surface area contributed by atoms with Crippen molar-refractivity contribution in [3.05, 3.63) is 89.4 Å². The summed E-state index contributed by atoms with van der Waals surface area (Å²) in [6, 6.07) is 19.2. The van der Waals surface area contributed by atoms with Crippen molar-refractivity contribution in [2.45, 2.75) is 20.4 Å². The van der Waals surface area contributed by atoms with Gasteiger partial charge in [0.15, 0.2) is 0 Å². The summed E-state index contributed by atoms with van der Waals surface area (Å²) in [5, 5.41) is 7.04. The van der Waals surface area contributed by atoms with Gasteiger partial charge in [0.1, 0.15) is 11.6 Å². The molecule has 1 amide bonds. The van der Waals surface area contributed by atoms with Crippen molar-refractivity contribution in [2.75, 3.05) is 5.32 Å². The summed E-state index contributed by atoms with van der Waals surface area (Å²) >= 11 is 0. The van der Waals surface area contributed by atoms with Crippen molar-refractivity contribution >= 4 is 28.3 Å². The summed E-state index contributed by atoms with van der Waals surface area (Å²) in [6.45, 7) is 4.49. The molecule has 0 unspecified atom stereocenters. The van der Waals surface area contributed by atoms with Gasteiger partial charge in [0.05, 0.1) is 23.9 Å². The van der Waals surface area contributed by atoms with E-state index in [-0.39, 0.29) is 5.91 Å². The fourth-order valence-electron chi connectivity index (χ4n) is 3.07. The summed E-state index contributed by atoms with van der Waals surface area (Å²) in [7, 11) is 0. The number of nitrogens with zero attached hydrogens (tertiary/aromatic N) is 1. The zero-order valence-electron chi connectivity index (χ0n) is 15.8. The van der Waals surface area contributed by atoms with E-state index in [2.05, 4.69) is 41.6 Å². The maximum absolute atomic E-state index is 12.8. The fourth-order valence-corrected chi connectivity index (χ4v) is 3.07. The van der Waals surface area contributed by atoms with E-state index in [0.717, 1.165) is 16.6 Å². The Labute approximate surface area is 163 Å². The molecule has 4 rings (SSSR count). The molecular formula is C23H21N3O2. The molecule has 0 aliphatic carbocycles. The number of amides is 1. The van der Waals surface area contributed by atoms with Crippen molar-refractivity contribution in [1.29, 1.82) is 0 Å². The molecule has 5 heteroatoms. The SMILES string of the molecule is Cc1ccc(Nc2cc(C(=O)NCc3ccco3)c3ccccc3n2)cc1C. The van der Waals surface area contributed by atoms with E-state index >= 15 is 0 Å². The highest BCUT2D eigenvalue weighted by Gasteiger charge is 2.13. The van der Waals surface area contributed by atoms with E-state index in [4.69, 9.17) is 4.42 Å². The number of rotatable bonds is 5. The molecule has 28 heavy (non-hydrogen) atoms. The molecule has 0 spiro atoms. The predicted molar refractivity (Wildman–Crippen MR) is 111 cm³/mol. The number of anilines is 2. The largest absolute Gasteiger partial charge is 0.467 e. The van der Waals surface area contributed by atoms with Crippen LogP contribution < -0.4 is 10.6 Å². The number of fused-ring (bicyclic) bond motifs is 1. The Hall–Kier alpha value is -3.60. The highest BCUT2D eigenvalue weighted by molar-refractivity contribution is 6.07. The smallest absolute Gasteiger partial charge is 0.252 e. The highest BCUT2D eigenvalue weighted by atomic mass is 16.3. The van der Waals surface area contributed by atoms with Crippen LogP contribution in [0.5, 0.6) is 0 Å². The number of carbonyl (C=O) groups excluding carboxylic acids is 1. The van der Waals surface area contributed by atoms with Crippen molar-refractivity contribution in [3.63, 3.8) is 0 Å². The summed E-state index contributed by atoms with van der Waals surface area (Å²) in [6.07, 6.45) is 1.59. The van der Waals surface area contributed by atoms with Gasteiger partial charge in [-0.05, 0) is 61.4 Å². The molecule has 2 aromatic heterocycles. The number of benzene rings is 2. The lowest BCUT2D eigenvalue weighted by Crippen LogP contribution is -2.23. The average molecular weight is 371 g/mol. The Balaban J connectivity index is 1.66. The molecule has 0 atom stereocenters. The second-order valence-corrected chi connectivity index (χ2v) is 6.76. The van der Waals surface area contributed by atoms with Crippen LogP contribution in [0, 0.1) is 13.8 Å². The number of aromatic nitrogens is 1. The van der Waals surface area contributed by atoms with Gasteiger partial charge in [-0.2, -0.15) is 0 Å². The number of hydrogen-bond acceptors (Lipinski definition) is 4.